The molecule has 0 aromatic rings. The average molecular weight is 201 g/mol. The van der Waals surface area contributed by atoms with E-state index in [1.165, 1.54) is 19.3 Å². The lowest BCUT2D eigenvalue weighted by molar-refractivity contribution is 0.334. The lowest BCUT2D eigenvalue weighted by Crippen LogP contribution is -2.38. The van der Waals surface area contributed by atoms with Crippen molar-refractivity contribution in [3.05, 3.63) is 0 Å². The van der Waals surface area contributed by atoms with Crippen LogP contribution >= 0.6 is 11.8 Å². The molecule has 1 rings (SSSR count). The van der Waals surface area contributed by atoms with Gasteiger partial charge < -0.3 is 5.73 Å². The van der Waals surface area contributed by atoms with Crippen LogP contribution in [0.5, 0.6) is 0 Å². The quantitative estimate of drug-likeness (QED) is 0.759. The summed E-state index contributed by atoms with van der Waals surface area (Å²) < 4.78 is 0. The lowest BCUT2D eigenvalue weighted by atomic mass is 9.88. The van der Waals surface area contributed by atoms with Crippen LogP contribution in [0.25, 0.3) is 0 Å². The first kappa shape index (κ1) is 11.4. The van der Waals surface area contributed by atoms with Gasteiger partial charge in [-0.05, 0) is 24.7 Å². The van der Waals surface area contributed by atoms with Gasteiger partial charge in [0.2, 0.25) is 0 Å². The third kappa shape index (κ3) is 2.63. The number of rotatable bonds is 3. The molecule has 0 radical (unpaired) electrons. The molecule has 2 N–H and O–H groups in total. The van der Waals surface area contributed by atoms with Gasteiger partial charge in [0, 0.05) is 16.5 Å². The van der Waals surface area contributed by atoms with Crippen LogP contribution in [0, 0.1) is 5.41 Å². The molecule has 0 aromatic heterocycles. The van der Waals surface area contributed by atoms with Gasteiger partial charge in [-0.2, -0.15) is 11.8 Å². The van der Waals surface area contributed by atoms with E-state index >= 15 is 0 Å². The summed E-state index contributed by atoms with van der Waals surface area (Å²) in [5.41, 5.74) is 6.61. The van der Waals surface area contributed by atoms with Gasteiger partial charge in [-0.25, -0.2) is 0 Å². The van der Waals surface area contributed by atoms with Crippen LogP contribution in [-0.4, -0.2) is 16.5 Å². The summed E-state index contributed by atoms with van der Waals surface area (Å²) >= 11 is 2.09. The summed E-state index contributed by atoms with van der Waals surface area (Å²) in [6.45, 7) is 9.16. The van der Waals surface area contributed by atoms with Crippen molar-refractivity contribution in [3.8, 4) is 0 Å². The van der Waals surface area contributed by atoms with Gasteiger partial charge in [0.1, 0.15) is 0 Å². The Bertz CT molecular complexity index is 167. The Hall–Kier alpha value is 0.310. The first-order valence-corrected chi connectivity index (χ1v) is 6.32. The van der Waals surface area contributed by atoms with Gasteiger partial charge in [-0.3, -0.25) is 0 Å². The molecule has 78 valence electrons. The predicted molar refractivity (Wildman–Crippen MR) is 62.1 cm³/mol. The van der Waals surface area contributed by atoms with Gasteiger partial charge in [-0.1, -0.05) is 27.7 Å². The highest BCUT2D eigenvalue weighted by atomic mass is 32.2. The minimum absolute atomic E-state index is 0.366. The summed E-state index contributed by atoms with van der Waals surface area (Å²) in [5, 5.41) is 1.47. The summed E-state index contributed by atoms with van der Waals surface area (Å²) in [5.74, 6) is 0. The van der Waals surface area contributed by atoms with Crippen molar-refractivity contribution in [2.75, 3.05) is 0 Å². The van der Waals surface area contributed by atoms with Crippen LogP contribution in [0.4, 0.5) is 0 Å². The van der Waals surface area contributed by atoms with E-state index in [1.807, 2.05) is 0 Å². The topological polar surface area (TPSA) is 26.0 Å². The van der Waals surface area contributed by atoms with Crippen molar-refractivity contribution in [1.29, 1.82) is 0 Å². The largest absolute Gasteiger partial charge is 0.326 e. The Balaban J connectivity index is 2.46. The van der Waals surface area contributed by atoms with Crippen molar-refractivity contribution in [2.24, 2.45) is 11.1 Å². The van der Waals surface area contributed by atoms with E-state index in [1.54, 1.807) is 0 Å². The van der Waals surface area contributed by atoms with Gasteiger partial charge >= 0.3 is 0 Å². The second kappa shape index (κ2) is 4.22. The van der Waals surface area contributed by atoms with E-state index in [-0.39, 0.29) is 0 Å². The smallest absolute Gasteiger partial charge is 0.0211 e. The number of hydrogen-bond acceptors (Lipinski definition) is 2. The molecule has 3 unspecified atom stereocenters. The van der Waals surface area contributed by atoms with Crippen LogP contribution in [0.2, 0.25) is 0 Å². The molecule has 0 bridgehead atoms. The highest BCUT2D eigenvalue weighted by Gasteiger charge is 2.39. The molecule has 2 heteroatoms. The van der Waals surface area contributed by atoms with Crippen LogP contribution in [0.1, 0.15) is 47.0 Å². The van der Waals surface area contributed by atoms with Crippen molar-refractivity contribution in [3.63, 3.8) is 0 Å². The van der Waals surface area contributed by atoms with Crippen LogP contribution < -0.4 is 5.73 Å². The molecule has 1 saturated carbocycles. The van der Waals surface area contributed by atoms with Crippen molar-refractivity contribution < 1.29 is 0 Å². The van der Waals surface area contributed by atoms with Crippen LogP contribution in [0.15, 0.2) is 0 Å². The van der Waals surface area contributed by atoms with Crippen molar-refractivity contribution in [2.45, 2.75) is 63.5 Å². The Labute approximate surface area is 86.8 Å². The van der Waals surface area contributed by atoms with Crippen molar-refractivity contribution in [1.82, 2.24) is 0 Å². The molecule has 0 saturated heterocycles. The molecule has 1 nitrogen and oxygen atoms in total. The highest BCUT2D eigenvalue weighted by molar-refractivity contribution is 8.00. The molecule has 0 spiro atoms. The number of nitrogens with two attached hydrogens (primary N) is 1. The van der Waals surface area contributed by atoms with Crippen LogP contribution in [-0.2, 0) is 0 Å². The van der Waals surface area contributed by atoms with Crippen molar-refractivity contribution >= 4 is 11.8 Å². The van der Waals surface area contributed by atoms with E-state index < -0.39 is 0 Å². The highest BCUT2D eigenvalue weighted by Crippen LogP contribution is 2.43. The maximum absolute atomic E-state index is 6.24. The monoisotopic (exact) mass is 201 g/mol. The van der Waals surface area contributed by atoms with Gasteiger partial charge in [-0.15, -0.1) is 0 Å². The lowest BCUT2D eigenvalue weighted by Gasteiger charge is -2.27. The fraction of sp³-hybridized carbons (Fsp3) is 1.00. The predicted octanol–water partition coefficient (Wildman–Crippen LogP) is 3.03. The van der Waals surface area contributed by atoms with E-state index in [2.05, 4.69) is 39.5 Å². The Morgan fingerprint density at radius 3 is 2.54 bits per heavy atom. The molecule has 0 heterocycles. The maximum Gasteiger partial charge on any atom is 0.0211 e. The second-order valence-corrected chi connectivity index (χ2v) is 6.63. The molecule has 1 aliphatic carbocycles. The third-order valence-electron chi connectivity index (χ3n) is 3.36. The fourth-order valence-electron chi connectivity index (χ4n) is 1.91. The molecule has 3 atom stereocenters. The van der Waals surface area contributed by atoms with E-state index in [0.29, 0.717) is 16.7 Å². The van der Waals surface area contributed by atoms with Gasteiger partial charge in [0.05, 0.1) is 0 Å². The SMILES string of the molecule is CCC(C)SC1CCC(C)(C)C1N. The Morgan fingerprint density at radius 1 is 1.54 bits per heavy atom. The molecule has 0 aliphatic heterocycles. The molecular formula is C11H23NS. The fourth-order valence-corrected chi connectivity index (χ4v) is 3.49. The Morgan fingerprint density at radius 2 is 2.15 bits per heavy atom. The van der Waals surface area contributed by atoms with Gasteiger partial charge in [0.15, 0.2) is 0 Å². The van der Waals surface area contributed by atoms with E-state index in [4.69, 9.17) is 5.73 Å². The first-order valence-electron chi connectivity index (χ1n) is 5.38. The molecule has 0 amide bonds. The molecule has 0 aromatic carbocycles. The summed E-state index contributed by atoms with van der Waals surface area (Å²) in [6, 6.07) is 0.395. The second-order valence-electron chi connectivity index (χ2n) is 4.95. The first-order chi connectivity index (χ1) is 5.97. The molecule has 13 heavy (non-hydrogen) atoms. The number of thioether (sulfide) groups is 1. The van der Waals surface area contributed by atoms with E-state index in [0.717, 1.165) is 5.25 Å². The summed E-state index contributed by atoms with van der Waals surface area (Å²) in [7, 11) is 0. The normalized spacial score (nSPS) is 34.8. The summed E-state index contributed by atoms with van der Waals surface area (Å²) in [6.07, 6.45) is 3.86. The number of hydrogen-bond donors (Lipinski definition) is 1. The molecule has 1 aliphatic rings. The molecule has 1 fully saturated rings. The minimum Gasteiger partial charge on any atom is -0.326 e. The zero-order valence-electron chi connectivity index (χ0n) is 9.34. The minimum atomic E-state index is 0.366. The Kier molecular flexibility index (Phi) is 3.70. The van der Waals surface area contributed by atoms with Crippen LogP contribution in [0.3, 0.4) is 0 Å². The standard InChI is InChI=1S/C11H23NS/c1-5-8(2)13-9-6-7-11(3,4)10(9)12/h8-10H,5-7,12H2,1-4H3. The maximum atomic E-state index is 6.24. The zero-order chi connectivity index (χ0) is 10.1. The van der Waals surface area contributed by atoms with E-state index in [9.17, 15) is 0 Å². The van der Waals surface area contributed by atoms with Gasteiger partial charge in [0.25, 0.3) is 0 Å². The molecular weight excluding hydrogens is 178 g/mol. The zero-order valence-corrected chi connectivity index (χ0v) is 10.2. The summed E-state index contributed by atoms with van der Waals surface area (Å²) in [4.78, 5) is 0. The average Bonchev–Trinajstić information content (AvgIpc) is 2.32. The third-order valence-corrected chi connectivity index (χ3v) is 5.03.